The maximum absolute atomic E-state index is 5.47. The zero-order chi connectivity index (χ0) is 14.2. The van der Waals surface area contributed by atoms with E-state index in [1.165, 1.54) is 16.7 Å². The molecule has 2 aromatic rings. The van der Waals surface area contributed by atoms with Crippen LogP contribution >= 0.6 is 0 Å². The molecule has 2 aromatic carbocycles. The second-order valence-electron chi connectivity index (χ2n) is 5.51. The molecule has 20 heavy (non-hydrogen) atoms. The van der Waals surface area contributed by atoms with Crippen molar-refractivity contribution in [3.63, 3.8) is 0 Å². The predicted molar refractivity (Wildman–Crippen MR) is 83.1 cm³/mol. The molecule has 0 unspecified atom stereocenters. The molecule has 0 fully saturated rings. The van der Waals surface area contributed by atoms with Crippen molar-refractivity contribution >= 4 is 0 Å². The highest BCUT2D eigenvalue weighted by molar-refractivity contribution is 5.22. The van der Waals surface area contributed by atoms with Gasteiger partial charge in [0.05, 0.1) is 6.61 Å². The van der Waals surface area contributed by atoms with Gasteiger partial charge in [0.15, 0.2) is 0 Å². The van der Waals surface area contributed by atoms with Gasteiger partial charge in [-0.05, 0) is 29.0 Å². The molecule has 106 valence electrons. The SMILES string of the molecule is CC(C)Cc1ccc(CNOCc2ccccc2)cc1. The Labute approximate surface area is 121 Å². The van der Waals surface area contributed by atoms with Gasteiger partial charge in [-0.15, -0.1) is 0 Å². The van der Waals surface area contributed by atoms with E-state index in [1.54, 1.807) is 0 Å². The smallest absolute Gasteiger partial charge is 0.0933 e. The first-order valence-electron chi connectivity index (χ1n) is 7.20. The summed E-state index contributed by atoms with van der Waals surface area (Å²) in [7, 11) is 0. The van der Waals surface area contributed by atoms with Crippen molar-refractivity contribution in [2.24, 2.45) is 5.92 Å². The summed E-state index contributed by atoms with van der Waals surface area (Å²) in [6.07, 6.45) is 1.14. The van der Waals surface area contributed by atoms with Crippen LogP contribution in [0.5, 0.6) is 0 Å². The number of nitrogens with one attached hydrogen (secondary N) is 1. The first-order valence-corrected chi connectivity index (χ1v) is 7.20. The Morgan fingerprint density at radius 3 is 2.15 bits per heavy atom. The summed E-state index contributed by atoms with van der Waals surface area (Å²) in [5, 5.41) is 0. The number of hydrogen-bond acceptors (Lipinski definition) is 2. The fourth-order valence-corrected chi connectivity index (χ4v) is 2.11. The number of benzene rings is 2. The van der Waals surface area contributed by atoms with E-state index in [-0.39, 0.29) is 0 Å². The van der Waals surface area contributed by atoms with Crippen LogP contribution in [-0.2, 0) is 24.4 Å². The maximum atomic E-state index is 5.47. The Bertz CT molecular complexity index is 491. The van der Waals surface area contributed by atoms with E-state index in [1.807, 2.05) is 18.2 Å². The molecule has 0 heterocycles. The Morgan fingerprint density at radius 2 is 1.50 bits per heavy atom. The zero-order valence-corrected chi connectivity index (χ0v) is 12.3. The summed E-state index contributed by atoms with van der Waals surface area (Å²) in [6, 6.07) is 18.9. The normalized spacial score (nSPS) is 10.9. The van der Waals surface area contributed by atoms with Crippen molar-refractivity contribution in [3.8, 4) is 0 Å². The van der Waals surface area contributed by atoms with Gasteiger partial charge in [-0.1, -0.05) is 68.4 Å². The second kappa shape index (κ2) is 7.83. The van der Waals surface area contributed by atoms with E-state index < -0.39 is 0 Å². The summed E-state index contributed by atoms with van der Waals surface area (Å²) in [6.45, 7) is 5.81. The van der Waals surface area contributed by atoms with Gasteiger partial charge < -0.3 is 0 Å². The van der Waals surface area contributed by atoms with E-state index >= 15 is 0 Å². The molecular weight excluding hydrogens is 246 g/mol. The first kappa shape index (κ1) is 14.8. The number of hydroxylamine groups is 1. The molecule has 0 spiro atoms. The van der Waals surface area contributed by atoms with Crippen molar-refractivity contribution < 1.29 is 4.84 Å². The average molecular weight is 269 g/mol. The lowest BCUT2D eigenvalue weighted by Crippen LogP contribution is -2.13. The van der Waals surface area contributed by atoms with E-state index in [0.717, 1.165) is 13.0 Å². The number of rotatable bonds is 7. The van der Waals surface area contributed by atoms with Gasteiger partial charge in [0.1, 0.15) is 0 Å². The summed E-state index contributed by atoms with van der Waals surface area (Å²) in [4.78, 5) is 5.47. The van der Waals surface area contributed by atoms with Crippen LogP contribution in [-0.4, -0.2) is 0 Å². The van der Waals surface area contributed by atoms with Crippen LogP contribution in [0.1, 0.15) is 30.5 Å². The van der Waals surface area contributed by atoms with Gasteiger partial charge in [-0.3, -0.25) is 4.84 Å². The summed E-state index contributed by atoms with van der Waals surface area (Å²) < 4.78 is 0. The molecule has 0 bridgehead atoms. The van der Waals surface area contributed by atoms with Crippen molar-refractivity contribution in [2.45, 2.75) is 33.4 Å². The molecule has 0 amide bonds. The van der Waals surface area contributed by atoms with Crippen LogP contribution in [0.3, 0.4) is 0 Å². The average Bonchev–Trinajstić information content (AvgIpc) is 2.46. The topological polar surface area (TPSA) is 21.3 Å². The van der Waals surface area contributed by atoms with Crippen molar-refractivity contribution in [1.82, 2.24) is 5.48 Å². The lowest BCUT2D eigenvalue weighted by atomic mass is 10.0. The van der Waals surface area contributed by atoms with E-state index in [2.05, 4.69) is 55.7 Å². The highest BCUT2D eigenvalue weighted by Gasteiger charge is 1.98. The highest BCUT2D eigenvalue weighted by atomic mass is 16.6. The Kier molecular flexibility index (Phi) is 5.78. The molecule has 2 nitrogen and oxygen atoms in total. The monoisotopic (exact) mass is 269 g/mol. The van der Waals surface area contributed by atoms with Crippen LogP contribution in [0.15, 0.2) is 54.6 Å². The van der Waals surface area contributed by atoms with E-state index in [0.29, 0.717) is 12.5 Å². The first-order chi connectivity index (χ1) is 9.74. The molecule has 2 heteroatoms. The molecule has 0 aromatic heterocycles. The molecule has 0 saturated heterocycles. The molecule has 1 N–H and O–H groups in total. The largest absolute Gasteiger partial charge is 0.297 e. The van der Waals surface area contributed by atoms with Crippen LogP contribution < -0.4 is 5.48 Å². The molecule has 0 aliphatic heterocycles. The standard InChI is InChI=1S/C18H23NO/c1-15(2)12-16-8-10-17(11-9-16)13-19-20-14-18-6-4-3-5-7-18/h3-11,15,19H,12-14H2,1-2H3. The van der Waals surface area contributed by atoms with Crippen LogP contribution in [0, 0.1) is 5.92 Å². The fraction of sp³-hybridized carbons (Fsp3) is 0.333. The van der Waals surface area contributed by atoms with Crippen LogP contribution in [0.2, 0.25) is 0 Å². The fourth-order valence-electron chi connectivity index (χ4n) is 2.11. The van der Waals surface area contributed by atoms with Gasteiger partial charge in [0.25, 0.3) is 0 Å². The van der Waals surface area contributed by atoms with Gasteiger partial charge in [-0.2, -0.15) is 5.48 Å². The highest BCUT2D eigenvalue weighted by Crippen LogP contribution is 2.09. The lowest BCUT2D eigenvalue weighted by molar-refractivity contribution is 0.0235. The minimum Gasteiger partial charge on any atom is -0.297 e. The third kappa shape index (κ3) is 5.16. The van der Waals surface area contributed by atoms with Crippen molar-refractivity contribution in [1.29, 1.82) is 0 Å². The molecular formula is C18H23NO. The van der Waals surface area contributed by atoms with Crippen LogP contribution in [0.25, 0.3) is 0 Å². The summed E-state index contributed by atoms with van der Waals surface area (Å²) in [5.74, 6) is 0.702. The van der Waals surface area contributed by atoms with Gasteiger partial charge in [-0.25, -0.2) is 0 Å². The summed E-state index contributed by atoms with van der Waals surface area (Å²) in [5.41, 5.74) is 6.82. The zero-order valence-electron chi connectivity index (χ0n) is 12.3. The number of hydrogen-bond donors (Lipinski definition) is 1. The van der Waals surface area contributed by atoms with E-state index in [4.69, 9.17) is 4.84 Å². The second-order valence-corrected chi connectivity index (χ2v) is 5.51. The Morgan fingerprint density at radius 1 is 0.850 bits per heavy atom. The minimum absolute atomic E-state index is 0.590. The molecule has 0 aliphatic carbocycles. The molecule has 0 saturated carbocycles. The quantitative estimate of drug-likeness (QED) is 0.603. The van der Waals surface area contributed by atoms with Gasteiger partial charge >= 0.3 is 0 Å². The molecule has 0 radical (unpaired) electrons. The van der Waals surface area contributed by atoms with Gasteiger partial charge in [0.2, 0.25) is 0 Å². The van der Waals surface area contributed by atoms with Crippen molar-refractivity contribution in [3.05, 3.63) is 71.3 Å². The summed E-state index contributed by atoms with van der Waals surface area (Å²) >= 11 is 0. The third-order valence-corrected chi connectivity index (χ3v) is 3.13. The molecule has 2 rings (SSSR count). The molecule has 0 aliphatic rings. The Balaban J connectivity index is 1.71. The van der Waals surface area contributed by atoms with Crippen molar-refractivity contribution in [2.75, 3.05) is 0 Å². The minimum atomic E-state index is 0.590. The predicted octanol–water partition coefficient (Wildman–Crippen LogP) is 4.11. The molecule has 0 atom stereocenters. The Hall–Kier alpha value is -1.64. The third-order valence-electron chi connectivity index (χ3n) is 3.13. The van der Waals surface area contributed by atoms with Crippen LogP contribution in [0.4, 0.5) is 0 Å². The van der Waals surface area contributed by atoms with E-state index in [9.17, 15) is 0 Å². The van der Waals surface area contributed by atoms with Gasteiger partial charge in [0, 0.05) is 6.54 Å². The maximum Gasteiger partial charge on any atom is 0.0933 e. The lowest BCUT2D eigenvalue weighted by Gasteiger charge is -2.08.